The zero-order valence-corrected chi connectivity index (χ0v) is 16.8. The Balaban J connectivity index is 1.67. The zero-order valence-electron chi connectivity index (χ0n) is 15.3. The van der Waals surface area contributed by atoms with Gasteiger partial charge in [-0.15, -0.1) is 0 Å². The molecule has 1 N–H and O–H groups in total. The summed E-state index contributed by atoms with van der Waals surface area (Å²) in [6.07, 6.45) is 0. The molecule has 26 heavy (non-hydrogen) atoms. The Morgan fingerprint density at radius 1 is 1.19 bits per heavy atom. The second-order valence-electron chi connectivity index (χ2n) is 6.75. The van der Waals surface area contributed by atoms with Crippen LogP contribution < -0.4 is 15.2 Å². The Morgan fingerprint density at radius 2 is 1.88 bits per heavy atom. The number of anilines is 1. The van der Waals surface area contributed by atoms with E-state index in [0.717, 1.165) is 43.3 Å². The fourth-order valence-corrected chi connectivity index (χ4v) is 3.59. The monoisotopic (exact) mass is 398 g/mol. The lowest BCUT2D eigenvalue weighted by atomic mass is 10.2. The molecule has 0 bridgehead atoms. The molecule has 142 valence electrons. The number of ether oxygens (including phenoxy) is 1. The molecule has 1 fully saturated rings. The number of aromatic nitrogens is 2. The van der Waals surface area contributed by atoms with Gasteiger partial charge in [-0.2, -0.15) is 0 Å². The molecular weight excluding hydrogens is 375 g/mol. The molecule has 0 saturated carbocycles. The number of H-pyrrole nitrogens is 1. The average Bonchev–Trinajstić information content (AvgIpc) is 2.91. The lowest BCUT2D eigenvalue weighted by molar-refractivity contribution is 0.245. The average molecular weight is 399 g/mol. The number of benzene rings is 1. The van der Waals surface area contributed by atoms with Gasteiger partial charge in [0.25, 0.3) is 5.56 Å². The van der Waals surface area contributed by atoms with Gasteiger partial charge >= 0.3 is 0 Å². The predicted octanol–water partition coefficient (Wildman–Crippen LogP) is 3.39. The number of hydrogen-bond acceptors (Lipinski definition) is 4. The van der Waals surface area contributed by atoms with Crippen LogP contribution in [0, 0.1) is 0 Å². The third-order valence-corrected chi connectivity index (χ3v) is 5.30. The van der Waals surface area contributed by atoms with E-state index in [-0.39, 0.29) is 16.6 Å². The summed E-state index contributed by atoms with van der Waals surface area (Å²) in [5.41, 5.74) is 1.63. The van der Waals surface area contributed by atoms with E-state index in [0.29, 0.717) is 11.6 Å². The first-order valence-electron chi connectivity index (χ1n) is 8.70. The largest absolute Gasteiger partial charge is 0.495 e. The highest BCUT2D eigenvalue weighted by molar-refractivity contribution is 6.31. The fourth-order valence-electron chi connectivity index (χ4n) is 3.23. The van der Waals surface area contributed by atoms with E-state index < -0.39 is 0 Å². The number of halogens is 2. The summed E-state index contributed by atoms with van der Waals surface area (Å²) in [7, 11) is 1.67. The van der Waals surface area contributed by atoms with Crippen LogP contribution in [0.2, 0.25) is 10.0 Å². The molecule has 0 aliphatic carbocycles. The quantitative estimate of drug-likeness (QED) is 0.838. The van der Waals surface area contributed by atoms with Crippen LogP contribution in [-0.4, -0.2) is 48.0 Å². The van der Waals surface area contributed by atoms with Crippen LogP contribution in [0.3, 0.4) is 0 Å². The maximum atomic E-state index is 12.2. The summed E-state index contributed by atoms with van der Waals surface area (Å²) >= 11 is 12.4. The molecule has 6 nitrogen and oxygen atoms in total. The molecule has 2 aromatic rings. The standard InChI is InChI=1S/C18H24Cl2N4O2/c1-12(2)24-18(25)17(20)14(21-24)11-22-6-8-23(9-7-22)15-10-13(19)4-5-16(15)26-3/h4-5,10,12,21H,6-9,11H2,1-3H3. The molecule has 1 aliphatic rings. The van der Waals surface area contributed by atoms with Gasteiger partial charge in [0, 0.05) is 43.8 Å². The molecule has 0 spiro atoms. The van der Waals surface area contributed by atoms with Crippen molar-refractivity contribution >= 4 is 28.9 Å². The molecule has 1 aromatic heterocycles. The molecule has 1 aromatic carbocycles. The van der Waals surface area contributed by atoms with Gasteiger partial charge in [0.15, 0.2) is 0 Å². The van der Waals surface area contributed by atoms with Crippen molar-refractivity contribution in [3.05, 3.63) is 44.3 Å². The van der Waals surface area contributed by atoms with Crippen LogP contribution in [0.1, 0.15) is 25.6 Å². The number of nitrogens with zero attached hydrogens (tertiary/aromatic N) is 3. The molecule has 3 rings (SSSR count). The van der Waals surface area contributed by atoms with E-state index in [1.54, 1.807) is 11.8 Å². The number of aromatic amines is 1. The van der Waals surface area contributed by atoms with Gasteiger partial charge < -0.3 is 9.64 Å². The number of piperazine rings is 1. The van der Waals surface area contributed by atoms with Gasteiger partial charge in [-0.3, -0.25) is 14.8 Å². The predicted molar refractivity (Wildman–Crippen MR) is 106 cm³/mol. The molecule has 0 radical (unpaired) electrons. The van der Waals surface area contributed by atoms with Crippen LogP contribution in [0.5, 0.6) is 5.75 Å². The normalized spacial score (nSPS) is 15.7. The van der Waals surface area contributed by atoms with E-state index >= 15 is 0 Å². The van der Waals surface area contributed by atoms with E-state index in [1.165, 1.54) is 0 Å². The first-order chi connectivity index (χ1) is 12.4. The fraction of sp³-hybridized carbons (Fsp3) is 0.500. The molecule has 2 heterocycles. The summed E-state index contributed by atoms with van der Waals surface area (Å²) in [6.45, 7) is 7.97. The number of nitrogens with one attached hydrogen (secondary N) is 1. The van der Waals surface area contributed by atoms with Crippen molar-refractivity contribution in [1.29, 1.82) is 0 Å². The summed E-state index contributed by atoms with van der Waals surface area (Å²) in [6, 6.07) is 5.72. The SMILES string of the molecule is COc1ccc(Cl)cc1N1CCN(Cc2[nH]n(C(C)C)c(=O)c2Cl)CC1. The molecule has 8 heteroatoms. The van der Waals surface area contributed by atoms with Crippen molar-refractivity contribution in [3.63, 3.8) is 0 Å². The van der Waals surface area contributed by atoms with E-state index in [2.05, 4.69) is 14.9 Å². The zero-order chi connectivity index (χ0) is 18.8. The van der Waals surface area contributed by atoms with Crippen molar-refractivity contribution in [3.8, 4) is 5.75 Å². The van der Waals surface area contributed by atoms with Crippen molar-refractivity contribution in [2.75, 3.05) is 38.2 Å². The molecule has 0 amide bonds. The Kier molecular flexibility index (Phi) is 5.85. The van der Waals surface area contributed by atoms with Crippen molar-refractivity contribution in [1.82, 2.24) is 14.7 Å². The van der Waals surface area contributed by atoms with Crippen LogP contribution in [0.25, 0.3) is 0 Å². The summed E-state index contributed by atoms with van der Waals surface area (Å²) < 4.78 is 7.03. The first kappa shape index (κ1) is 19.1. The van der Waals surface area contributed by atoms with Crippen molar-refractivity contribution < 1.29 is 4.74 Å². The van der Waals surface area contributed by atoms with Crippen LogP contribution in [0.15, 0.2) is 23.0 Å². The molecular formula is C18H24Cl2N4O2. The Morgan fingerprint density at radius 3 is 2.46 bits per heavy atom. The van der Waals surface area contributed by atoms with Gasteiger partial charge in [0.2, 0.25) is 0 Å². The van der Waals surface area contributed by atoms with Gasteiger partial charge in [0.1, 0.15) is 10.8 Å². The van der Waals surface area contributed by atoms with Crippen LogP contribution in [-0.2, 0) is 6.54 Å². The number of rotatable bonds is 5. The second kappa shape index (κ2) is 7.94. The minimum atomic E-state index is -0.154. The Bertz CT molecular complexity index is 823. The van der Waals surface area contributed by atoms with E-state index in [1.807, 2.05) is 32.0 Å². The maximum absolute atomic E-state index is 12.2. The number of methoxy groups -OCH3 is 1. The third-order valence-electron chi connectivity index (χ3n) is 4.68. The van der Waals surface area contributed by atoms with Gasteiger partial charge in [0.05, 0.1) is 18.5 Å². The Hall–Kier alpha value is -1.63. The highest BCUT2D eigenvalue weighted by Gasteiger charge is 2.22. The second-order valence-corrected chi connectivity index (χ2v) is 7.57. The first-order valence-corrected chi connectivity index (χ1v) is 9.46. The Labute approximate surface area is 163 Å². The minimum absolute atomic E-state index is 0.0564. The molecule has 1 aliphatic heterocycles. The summed E-state index contributed by atoms with van der Waals surface area (Å²) in [5.74, 6) is 0.823. The molecule has 0 unspecified atom stereocenters. The van der Waals surface area contributed by atoms with Gasteiger partial charge in [-0.25, -0.2) is 4.68 Å². The maximum Gasteiger partial charge on any atom is 0.285 e. The minimum Gasteiger partial charge on any atom is -0.495 e. The van der Waals surface area contributed by atoms with Gasteiger partial charge in [-0.05, 0) is 32.0 Å². The topological polar surface area (TPSA) is 53.5 Å². The van der Waals surface area contributed by atoms with E-state index in [4.69, 9.17) is 27.9 Å². The van der Waals surface area contributed by atoms with Crippen molar-refractivity contribution in [2.45, 2.75) is 26.4 Å². The molecule has 1 saturated heterocycles. The van der Waals surface area contributed by atoms with Crippen LogP contribution in [0.4, 0.5) is 5.69 Å². The lowest BCUT2D eigenvalue weighted by Crippen LogP contribution is -2.46. The van der Waals surface area contributed by atoms with Gasteiger partial charge in [-0.1, -0.05) is 23.2 Å². The highest BCUT2D eigenvalue weighted by atomic mass is 35.5. The smallest absolute Gasteiger partial charge is 0.285 e. The third kappa shape index (κ3) is 3.87. The lowest BCUT2D eigenvalue weighted by Gasteiger charge is -2.36. The van der Waals surface area contributed by atoms with E-state index in [9.17, 15) is 4.79 Å². The number of hydrogen-bond donors (Lipinski definition) is 1. The summed E-state index contributed by atoms with van der Waals surface area (Å²) in [4.78, 5) is 16.7. The van der Waals surface area contributed by atoms with Crippen LogP contribution >= 0.6 is 23.2 Å². The van der Waals surface area contributed by atoms with Crippen molar-refractivity contribution in [2.24, 2.45) is 0 Å². The molecule has 0 atom stereocenters. The highest BCUT2D eigenvalue weighted by Crippen LogP contribution is 2.32. The summed E-state index contributed by atoms with van der Waals surface area (Å²) in [5, 5.41) is 4.13.